The lowest BCUT2D eigenvalue weighted by Gasteiger charge is -2.15. The van der Waals surface area contributed by atoms with Gasteiger partial charge < -0.3 is 4.74 Å². The molecule has 1 aromatic rings. The van der Waals surface area contributed by atoms with Crippen molar-refractivity contribution in [2.24, 2.45) is 0 Å². The third kappa shape index (κ3) is 2.27. The van der Waals surface area contributed by atoms with Crippen molar-refractivity contribution >= 4 is 5.91 Å². The number of hydrogen-bond donors (Lipinski definition) is 1. The number of hydrogen-bond acceptors (Lipinski definition) is 3. The van der Waals surface area contributed by atoms with Crippen LogP contribution in [0.25, 0.3) is 0 Å². The van der Waals surface area contributed by atoms with Gasteiger partial charge in [-0.05, 0) is 17.7 Å². The number of ether oxygens (including phenoxy) is 1. The van der Waals surface area contributed by atoms with E-state index in [9.17, 15) is 4.79 Å². The largest absolute Gasteiger partial charge is 0.497 e. The monoisotopic (exact) mass is 206 g/mol. The van der Waals surface area contributed by atoms with Gasteiger partial charge in [0.15, 0.2) is 0 Å². The van der Waals surface area contributed by atoms with Gasteiger partial charge in [0.25, 0.3) is 0 Å². The number of hydrazine groups is 1. The minimum Gasteiger partial charge on any atom is -0.497 e. The molecule has 0 bridgehead atoms. The highest BCUT2D eigenvalue weighted by Crippen LogP contribution is 2.14. The van der Waals surface area contributed by atoms with Crippen LogP contribution in [0.5, 0.6) is 5.75 Å². The van der Waals surface area contributed by atoms with Gasteiger partial charge in [-0.1, -0.05) is 12.1 Å². The van der Waals surface area contributed by atoms with E-state index in [1.165, 1.54) is 0 Å². The number of benzene rings is 1. The van der Waals surface area contributed by atoms with Crippen LogP contribution in [0.15, 0.2) is 24.3 Å². The molecule has 1 fully saturated rings. The summed E-state index contributed by atoms with van der Waals surface area (Å²) in [6.07, 6.45) is 0.587. The van der Waals surface area contributed by atoms with Gasteiger partial charge in [0.2, 0.25) is 5.91 Å². The van der Waals surface area contributed by atoms with E-state index in [4.69, 9.17) is 4.74 Å². The van der Waals surface area contributed by atoms with Crippen molar-refractivity contribution in [2.75, 3.05) is 13.7 Å². The number of methoxy groups -OCH3 is 1. The lowest BCUT2D eigenvalue weighted by Crippen LogP contribution is -2.33. The molecule has 0 saturated carbocycles. The molecule has 1 aliphatic rings. The normalized spacial score (nSPS) is 15.8. The Bertz CT molecular complexity index is 365. The first-order valence-electron chi connectivity index (χ1n) is 4.96. The molecule has 2 rings (SSSR count). The van der Waals surface area contributed by atoms with Gasteiger partial charge in [-0.25, -0.2) is 5.43 Å². The zero-order valence-corrected chi connectivity index (χ0v) is 8.69. The van der Waals surface area contributed by atoms with Crippen LogP contribution in [0.2, 0.25) is 0 Å². The maximum Gasteiger partial charge on any atom is 0.238 e. The van der Waals surface area contributed by atoms with Gasteiger partial charge >= 0.3 is 0 Å². The van der Waals surface area contributed by atoms with E-state index in [2.05, 4.69) is 5.43 Å². The van der Waals surface area contributed by atoms with Crippen molar-refractivity contribution in [1.29, 1.82) is 0 Å². The van der Waals surface area contributed by atoms with Crippen molar-refractivity contribution in [3.8, 4) is 5.75 Å². The first-order valence-corrected chi connectivity index (χ1v) is 4.96. The molecule has 0 aromatic heterocycles. The van der Waals surface area contributed by atoms with E-state index < -0.39 is 0 Å². The van der Waals surface area contributed by atoms with Crippen LogP contribution in [0.4, 0.5) is 0 Å². The molecule has 0 spiro atoms. The predicted molar refractivity (Wildman–Crippen MR) is 56.2 cm³/mol. The first-order chi connectivity index (χ1) is 7.29. The van der Waals surface area contributed by atoms with Crippen molar-refractivity contribution in [1.82, 2.24) is 10.4 Å². The lowest BCUT2D eigenvalue weighted by atomic mass is 10.2. The van der Waals surface area contributed by atoms with Crippen molar-refractivity contribution < 1.29 is 9.53 Å². The molecule has 1 aromatic carbocycles. The van der Waals surface area contributed by atoms with Gasteiger partial charge in [0.1, 0.15) is 5.75 Å². The number of rotatable bonds is 3. The van der Waals surface area contributed by atoms with Crippen molar-refractivity contribution in [3.63, 3.8) is 0 Å². The highest BCUT2D eigenvalue weighted by molar-refractivity contribution is 5.77. The van der Waals surface area contributed by atoms with Crippen LogP contribution >= 0.6 is 0 Å². The third-order valence-electron chi connectivity index (χ3n) is 2.42. The zero-order valence-electron chi connectivity index (χ0n) is 8.69. The van der Waals surface area contributed by atoms with Crippen molar-refractivity contribution in [3.05, 3.63) is 29.8 Å². The maximum atomic E-state index is 11.4. The quantitative estimate of drug-likeness (QED) is 0.800. The molecular formula is C11H14N2O2. The predicted octanol–water partition coefficient (Wildman–Crippen LogP) is 0.932. The SMILES string of the molecule is COc1cccc(CN2NCCC2=O)c1. The van der Waals surface area contributed by atoms with Crippen LogP contribution in [0, 0.1) is 0 Å². The summed E-state index contributed by atoms with van der Waals surface area (Å²) in [6.45, 7) is 1.33. The maximum absolute atomic E-state index is 11.4. The van der Waals surface area contributed by atoms with Crippen LogP contribution < -0.4 is 10.2 Å². The van der Waals surface area contributed by atoms with E-state index in [1.807, 2.05) is 24.3 Å². The Balaban J connectivity index is 2.06. The van der Waals surface area contributed by atoms with E-state index in [0.717, 1.165) is 17.9 Å². The van der Waals surface area contributed by atoms with E-state index in [1.54, 1.807) is 12.1 Å². The molecule has 0 atom stereocenters. The molecule has 1 amide bonds. The van der Waals surface area contributed by atoms with Crippen molar-refractivity contribution in [2.45, 2.75) is 13.0 Å². The summed E-state index contributed by atoms with van der Waals surface area (Å²) in [6, 6.07) is 7.74. The van der Waals surface area contributed by atoms with Gasteiger partial charge in [0.05, 0.1) is 13.7 Å². The zero-order chi connectivity index (χ0) is 10.7. The Hall–Kier alpha value is -1.55. The summed E-state index contributed by atoms with van der Waals surface area (Å²) in [5.74, 6) is 0.969. The van der Waals surface area contributed by atoms with Crippen LogP contribution in [0.3, 0.4) is 0 Å². The molecule has 4 heteroatoms. The average Bonchev–Trinajstić information content (AvgIpc) is 2.65. The van der Waals surface area contributed by atoms with Gasteiger partial charge in [-0.2, -0.15) is 0 Å². The average molecular weight is 206 g/mol. The fourth-order valence-corrected chi connectivity index (χ4v) is 1.62. The Labute approximate surface area is 88.8 Å². The van der Waals surface area contributed by atoms with Crippen LogP contribution in [0.1, 0.15) is 12.0 Å². The van der Waals surface area contributed by atoms with Gasteiger partial charge in [-0.15, -0.1) is 0 Å². The molecule has 1 aliphatic heterocycles. The summed E-state index contributed by atoms with van der Waals surface area (Å²) < 4.78 is 5.12. The molecule has 0 radical (unpaired) electrons. The molecule has 1 heterocycles. The topological polar surface area (TPSA) is 41.6 Å². The molecule has 1 N–H and O–H groups in total. The van der Waals surface area contributed by atoms with Crippen LogP contribution in [-0.4, -0.2) is 24.6 Å². The highest BCUT2D eigenvalue weighted by atomic mass is 16.5. The smallest absolute Gasteiger partial charge is 0.238 e. The Kier molecular flexibility index (Phi) is 2.87. The fraction of sp³-hybridized carbons (Fsp3) is 0.364. The molecule has 80 valence electrons. The second kappa shape index (κ2) is 4.31. The number of amides is 1. The molecular weight excluding hydrogens is 192 g/mol. The Morgan fingerprint density at radius 1 is 1.53 bits per heavy atom. The van der Waals surface area contributed by atoms with E-state index in [-0.39, 0.29) is 5.91 Å². The second-order valence-electron chi connectivity index (χ2n) is 3.49. The third-order valence-corrected chi connectivity index (χ3v) is 2.42. The Morgan fingerprint density at radius 2 is 2.40 bits per heavy atom. The summed E-state index contributed by atoms with van der Waals surface area (Å²) in [5.41, 5.74) is 4.10. The van der Waals surface area contributed by atoms with E-state index >= 15 is 0 Å². The number of carbonyl (C=O) groups is 1. The molecule has 4 nitrogen and oxygen atoms in total. The number of carbonyl (C=O) groups excluding carboxylic acids is 1. The summed E-state index contributed by atoms with van der Waals surface area (Å²) in [4.78, 5) is 11.4. The summed E-state index contributed by atoms with van der Waals surface area (Å²) in [7, 11) is 1.64. The number of nitrogens with one attached hydrogen (secondary N) is 1. The molecule has 0 aliphatic carbocycles. The van der Waals surface area contributed by atoms with E-state index in [0.29, 0.717) is 13.0 Å². The summed E-state index contributed by atoms with van der Waals surface area (Å²) >= 11 is 0. The molecule has 1 saturated heterocycles. The van der Waals surface area contributed by atoms with Gasteiger partial charge in [-0.3, -0.25) is 9.80 Å². The lowest BCUT2D eigenvalue weighted by molar-refractivity contribution is -0.130. The standard InChI is InChI=1S/C11H14N2O2/c1-15-10-4-2-3-9(7-10)8-13-11(14)5-6-12-13/h2-4,7,12H,5-6,8H2,1H3. The fourth-order valence-electron chi connectivity index (χ4n) is 1.62. The summed E-state index contributed by atoms with van der Waals surface area (Å²) in [5, 5.41) is 1.65. The van der Waals surface area contributed by atoms with Gasteiger partial charge in [0, 0.05) is 13.0 Å². The highest BCUT2D eigenvalue weighted by Gasteiger charge is 2.19. The molecule has 15 heavy (non-hydrogen) atoms. The number of nitrogens with zero attached hydrogens (tertiary/aromatic N) is 1. The molecule has 0 unspecified atom stereocenters. The van der Waals surface area contributed by atoms with Crippen LogP contribution in [-0.2, 0) is 11.3 Å². The first kappa shape index (κ1) is 9.98. The second-order valence-corrected chi connectivity index (χ2v) is 3.49. The minimum absolute atomic E-state index is 0.151. The minimum atomic E-state index is 0.151. The Morgan fingerprint density at radius 3 is 3.07 bits per heavy atom.